The molecule has 1 aliphatic heterocycles. The van der Waals surface area contributed by atoms with Crippen molar-refractivity contribution >= 4 is 29.5 Å². The topological polar surface area (TPSA) is 75.7 Å². The summed E-state index contributed by atoms with van der Waals surface area (Å²) in [5.41, 5.74) is -0.807. The highest BCUT2D eigenvalue weighted by Crippen LogP contribution is 2.33. The molecule has 0 bridgehead atoms. The summed E-state index contributed by atoms with van der Waals surface area (Å²) in [6, 6.07) is 6.10. The van der Waals surface area contributed by atoms with E-state index in [1.54, 1.807) is 38.1 Å². The van der Waals surface area contributed by atoms with Crippen LogP contribution in [-0.2, 0) is 19.9 Å². The van der Waals surface area contributed by atoms with Crippen molar-refractivity contribution in [3.05, 3.63) is 34.9 Å². The molecule has 1 aromatic carbocycles. The maximum Gasteiger partial charge on any atom is 0.326 e. The fraction of sp³-hybridized carbons (Fsp3) is 0.357. The molecule has 2 rings (SSSR count). The molecule has 1 atom stereocenters. The molecule has 1 saturated heterocycles. The summed E-state index contributed by atoms with van der Waals surface area (Å²) in [5.74, 6) is -1.17. The number of halogens is 1. The van der Waals surface area contributed by atoms with Gasteiger partial charge in [-0.15, -0.1) is 0 Å². The second kappa shape index (κ2) is 5.73. The summed E-state index contributed by atoms with van der Waals surface area (Å²) in [4.78, 5) is 36.8. The van der Waals surface area contributed by atoms with Crippen LogP contribution in [0.3, 0.4) is 0 Å². The number of urea groups is 1. The molecule has 0 aliphatic carbocycles. The quantitative estimate of drug-likeness (QED) is 0.678. The Morgan fingerprint density at radius 1 is 1.38 bits per heavy atom. The van der Waals surface area contributed by atoms with E-state index in [4.69, 9.17) is 16.3 Å². The molecule has 7 heteroatoms. The lowest BCUT2D eigenvalue weighted by Crippen LogP contribution is -2.42. The highest BCUT2D eigenvalue weighted by Gasteiger charge is 2.50. The van der Waals surface area contributed by atoms with Crippen LogP contribution in [0.4, 0.5) is 4.79 Å². The van der Waals surface area contributed by atoms with Crippen LogP contribution in [0.5, 0.6) is 0 Å². The molecule has 1 unspecified atom stereocenters. The molecule has 0 aromatic heterocycles. The number of rotatable bonds is 4. The van der Waals surface area contributed by atoms with E-state index in [9.17, 15) is 14.4 Å². The predicted octanol–water partition coefficient (Wildman–Crippen LogP) is 1.67. The fourth-order valence-electron chi connectivity index (χ4n) is 2.23. The monoisotopic (exact) mass is 310 g/mol. The first-order chi connectivity index (χ1) is 9.90. The van der Waals surface area contributed by atoms with Crippen molar-refractivity contribution in [2.45, 2.75) is 19.4 Å². The third-order valence-corrected chi connectivity index (χ3v) is 3.61. The van der Waals surface area contributed by atoms with E-state index in [2.05, 4.69) is 5.32 Å². The predicted molar refractivity (Wildman–Crippen MR) is 75.7 cm³/mol. The SMILES string of the molecule is CCOC(=O)CN1C(=O)NC(C)(c2ccccc2Cl)C1=O. The van der Waals surface area contributed by atoms with Gasteiger partial charge in [0.25, 0.3) is 5.91 Å². The van der Waals surface area contributed by atoms with E-state index in [0.717, 1.165) is 4.90 Å². The van der Waals surface area contributed by atoms with E-state index in [1.807, 2.05) is 0 Å². The Labute approximate surface area is 127 Å². The van der Waals surface area contributed by atoms with Crippen molar-refractivity contribution < 1.29 is 19.1 Å². The summed E-state index contributed by atoms with van der Waals surface area (Å²) >= 11 is 6.10. The molecule has 0 radical (unpaired) electrons. The average Bonchev–Trinajstić information content (AvgIpc) is 2.64. The number of imide groups is 1. The van der Waals surface area contributed by atoms with Gasteiger partial charge in [0.15, 0.2) is 0 Å². The highest BCUT2D eigenvalue weighted by molar-refractivity contribution is 6.32. The molecule has 1 fully saturated rings. The number of esters is 1. The zero-order valence-corrected chi connectivity index (χ0v) is 12.4. The lowest BCUT2D eigenvalue weighted by molar-refractivity contribution is -0.147. The number of nitrogens with zero attached hydrogens (tertiary/aromatic N) is 1. The fourth-order valence-corrected chi connectivity index (χ4v) is 2.55. The summed E-state index contributed by atoms with van der Waals surface area (Å²) in [6.07, 6.45) is 0. The Balaban J connectivity index is 2.29. The lowest BCUT2D eigenvalue weighted by atomic mass is 9.92. The largest absolute Gasteiger partial charge is 0.465 e. The molecule has 112 valence electrons. The van der Waals surface area contributed by atoms with E-state index in [0.29, 0.717) is 10.6 Å². The van der Waals surface area contributed by atoms with E-state index in [-0.39, 0.29) is 6.61 Å². The van der Waals surface area contributed by atoms with Crippen molar-refractivity contribution in [2.24, 2.45) is 0 Å². The van der Waals surface area contributed by atoms with Gasteiger partial charge in [-0.3, -0.25) is 14.5 Å². The molecule has 1 heterocycles. The Kier molecular flexibility index (Phi) is 4.18. The molecule has 1 aromatic rings. The van der Waals surface area contributed by atoms with Crippen LogP contribution < -0.4 is 5.32 Å². The van der Waals surface area contributed by atoms with Crippen molar-refractivity contribution in [3.63, 3.8) is 0 Å². The van der Waals surface area contributed by atoms with Gasteiger partial charge in [-0.1, -0.05) is 29.8 Å². The minimum absolute atomic E-state index is 0.185. The smallest absolute Gasteiger partial charge is 0.326 e. The maximum absolute atomic E-state index is 12.5. The Morgan fingerprint density at radius 2 is 2.05 bits per heavy atom. The van der Waals surface area contributed by atoms with E-state index < -0.39 is 30.0 Å². The highest BCUT2D eigenvalue weighted by atomic mass is 35.5. The number of hydrogen-bond acceptors (Lipinski definition) is 4. The summed E-state index contributed by atoms with van der Waals surface area (Å²) in [6.45, 7) is 2.97. The molecular weight excluding hydrogens is 296 g/mol. The van der Waals surface area contributed by atoms with Crippen LogP contribution in [0.1, 0.15) is 19.4 Å². The normalized spacial score (nSPS) is 21.4. The standard InChI is InChI=1S/C14H15ClN2O4/c1-3-21-11(18)8-17-12(19)14(2,16-13(17)20)9-6-4-5-7-10(9)15/h4-7H,3,8H2,1-2H3,(H,16,20). The van der Waals surface area contributed by atoms with Gasteiger partial charge < -0.3 is 10.1 Å². The van der Waals surface area contributed by atoms with Crippen LogP contribution in [0.2, 0.25) is 5.02 Å². The second-order valence-electron chi connectivity index (χ2n) is 4.73. The molecule has 3 amide bonds. The Bertz CT molecular complexity index is 604. The summed E-state index contributed by atoms with van der Waals surface area (Å²) in [7, 11) is 0. The Morgan fingerprint density at radius 3 is 2.67 bits per heavy atom. The molecular formula is C14H15ClN2O4. The van der Waals surface area contributed by atoms with Crippen LogP contribution in [-0.4, -0.2) is 36.0 Å². The maximum atomic E-state index is 12.5. The Hall–Kier alpha value is -2.08. The van der Waals surface area contributed by atoms with Crippen molar-refractivity contribution in [3.8, 4) is 0 Å². The number of benzene rings is 1. The first-order valence-electron chi connectivity index (χ1n) is 6.45. The number of amides is 3. The van der Waals surface area contributed by atoms with Crippen LogP contribution in [0.15, 0.2) is 24.3 Å². The zero-order chi connectivity index (χ0) is 15.6. The molecule has 0 saturated carbocycles. The minimum atomic E-state index is -1.29. The van der Waals surface area contributed by atoms with Gasteiger partial charge >= 0.3 is 12.0 Å². The third-order valence-electron chi connectivity index (χ3n) is 3.28. The van der Waals surface area contributed by atoms with Crippen molar-refractivity contribution in [1.82, 2.24) is 10.2 Å². The van der Waals surface area contributed by atoms with Gasteiger partial charge in [0.05, 0.1) is 6.61 Å². The van der Waals surface area contributed by atoms with Gasteiger partial charge in [0.2, 0.25) is 0 Å². The zero-order valence-electron chi connectivity index (χ0n) is 11.7. The van der Waals surface area contributed by atoms with Gasteiger partial charge in [0.1, 0.15) is 12.1 Å². The lowest BCUT2D eigenvalue weighted by Gasteiger charge is -2.23. The first kappa shape index (κ1) is 15.3. The van der Waals surface area contributed by atoms with Gasteiger partial charge in [0, 0.05) is 10.6 Å². The van der Waals surface area contributed by atoms with Crippen LogP contribution in [0.25, 0.3) is 0 Å². The van der Waals surface area contributed by atoms with Gasteiger partial charge in [-0.2, -0.15) is 0 Å². The van der Waals surface area contributed by atoms with Crippen LogP contribution in [0, 0.1) is 0 Å². The second-order valence-corrected chi connectivity index (χ2v) is 5.14. The molecule has 1 aliphatic rings. The molecule has 21 heavy (non-hydrogen) atoms. The third kappa shape index (κ3) is 2.71. The van der Waals surface area contributed by atoms with E-state index in [1.165, 1.54) is 0 Å². The van der Waals surface area contributed by atoms with Crippen LogP contribution >= 0.6 is 11.6 Å². The molecule has 1 N–H and O–H groups in total. The minimum Gasteiger partial charge on any atom is -0.465 e. The number of ether oxygens (including phenoxy) is 1. The first-order valence-corrected chi connectivity index (χ1v) is 6.82. The molecule has 6 nitrogen and oxygen atoms in total. The average molecular weight is 311 g/mol. The van der Waals surface area contributed by atoms with Crippen molar-refractivity contribution in [2.75, 3.05) is 13.2 Å². The number of carbonyl (C=O) groups is 3. The summed E-state index contributed by atoms with van der Waals surface area (Å²) < 4.78 is 4.76. The van der Waals surface area contributed by atoms with Gasteiger partial charge in [-0.05, 0) is 19.9 Å². The number of nitrogens with one attached hydrogen (secondary N) is 1. The van der Waals surface area contributed by atoms with Crippen molar-refractivity contribution in [1.29, 1.82) is 0 Å². The molecule has 0 spiro atoms. The number of hydrogen-bond donors (Lipinski definition) is 1. The summed E-state index contributed by atoms with van der Waals surface area (Å²) in [5, 5.41) is 2.95. The number of carbonyl (C=O) groups excluding carboxylic acids is 3. The van der Waals surface area contributed by atoms with E-state index >= 15 is 0 Å². The van der Waals surface area contributed by atoms with Gasteiger partial charge in [-0.25, -0.2) is 4.79 Å².